The molecule has 3 aromatic rings. The fraction of sp³-hybridized carbons (Fsp3) is 0.200. The van der Waals surface area contributed by atoms with Crippen LogP contribution >= 0.6 is 0 Å². The zero-order chi connectivity index (χ0) is 20.5. The van der Waals surface area contributed by atoms with Crippen molar-refractivity contribution < 1.29 is 24.7 Å². The molecule has 0 bridgehead atoms. The monoisotopic (exact) mass is 384 g/mol. The molecule has 0 fully saturated rings. The molecule has 0 atom stereocenters. The van der Waals surface area contributed by atoms with E-state index in [0.29, 0.717) is 12.0 Å². The Bertz CT molecular complexity index is 957. The highest BCUT2D eigenvalue weighted by atomic mass is 16.6. The van der Waals surface area contributed by atoms with Gasteiger partial charge in [0.15, 0.2) is 0 Å². The second kappa shape index (κ2) is 9.86. The first-order chi connectivity index (χ1) is 13.4. The highest BCUT2D eigenvalue weighted by Crippen LogP contribution is 2.32. The quantitative estimate of drug-likeness (QED) is 0.366. The second-order valence-corrected chi connectivity index (χ2v) is 5.80. The SMILES string of the molecule is CCCCOc1ccc(C(=O)O)cc1.O=[N+]([O-])c1ccc2cccnc2c1O. The minimum Gasteiger partial charge on any atom is -0.501 e. The molecule has 3 rings (SSSR count). The number of carboxylic acids is 1. The minimum absolute atomic E-state index is 0.252. The zero-order valence-electron chi connectivity index (χ0n) is 15.2. The van der Waals surface area contributed by atoms with Crippen LogP contribution in [0.15, 0.2) is 54.7 Å². The van der Waals surface area contributed by atoms with Gasteiger partial charge < -0.3 is 14.9 Å². The molecule has 0 amide bonds. The van der Waals surface area contributed by atoms with Crippen molar-refractivity contribution in [2.75, 3.05) is 6.61 Å². The Hall–Kier alpha value is -3.68. The summed E-state index contributed by atoms with van der Waals surface area (Å²) < 4.78 is 5.39. The van der Waals surface area contributed by atoms with Gasteiger partial charge in [-0.3, -0.25) is 15.1 Å². The normalized spacial score (nSPS) is 10.0. The van der Waals surface area contributed by atoms with E-state index in [2.05, 4.69) is 11.9 Å². The molecular weight excluding hydrogens is 364 g/mol. The predicted octanol–water partition coefficient (Wildman–Crippen LogP) is 4.41. The van der Waals surface area contributed by atoms with E-state index in [-0.39, 0.29) is 22.5 Å². The lowest BCUT2D eigenvalue weighted by atomic mass is 10.2. The number of carboxylic acid groups (broad SMARTS) is 1. The highest BCUT2D eigenvalue weighted by molar-refractivity contribution is 5.88. The van der Waals surface area contributed by atoms with E-state index in [1.165, 1.54) is 12.3 Å². The van der Waals surface area contributed by atoms with Gasteiger partial charge in [-0.25, -0.2) is 4.79 Å². The van der Waals surface area contributed by atoms with Crippen molar-refractivity contribution in [2.24, 2.45) is 0 Å². The smallest absolute Gasteiger partial charge is 0.335 e. The molecule has 1 heterocycles. The van der Waals surface area contributed by atoms with Crippen molar-refractivity contribution in [1.82, 2.24) is 4.98 Å². The Morgan fingerprint density at radius 3 is 2.50 bits per heavy atom. The van der Waals surface area contributed by atoms with E-state index >= 15 is 0 Å². The van der Waals surface area contributed by atoms with Crippen LogP contribution in [0.25, 0.3) is 10.9 Å². The molecule has 0 spiro atoms. The maximum absolute atomic E-state index is 10.5. The lowest BCUT2D eigenvalue weighted by Gasteiger charge is -2.04. The first-order valence-corrected chi connectivity index (χ1v) is 8.61. The summed E-state index contributed by atoms with van der Waals surface area (Å²) in [6, 6.07) is 12.7. The number of aromatic nitrogens is 1. The number of hydrogen-bond acceptors (Lipinski definition) is 6. The molecule has 0 saturated carbocycles. The number of pyridine rings is 1. The number of nitro benzene ring substituents is 1. The van der Waals surface area contributed by atoms with Crippen LogP contribution in [0.1, 0.15) is 30.1 Å². The number of ether oxygens (including phenoxy) is 1. The van der Waals surface area contributed by atoms with Gasteiger partial charge in [-0.15, -0.1) is 0 Å². The number of hydrogen-bond donors (Lipinski definition) is 2. The second-order valence-electron chi connectivity index (χ2n) is 5.80. The Morgan fingerprint density at radius 2 is 1.89 bits per heavy atom. The Morgan fingerprint density at radius 1 is 1.18 bits per heavy atom. The number of phenols is 1. The number of phenolic OH excluding ortho intramolecular Hbond substituents is 1. The van der Waals surface area contributed by atoms with Gasteiger partial charge in [0.2, 0.25) is 5.75 Å². The summed E-state index contributed by atoms with van der Waals surface area (Å²) in [7, 11) is 0. The van der Waals surface area contributed by atoms with E-state index in [4.69, 9.17) is 9.84 Å². The van der Waals surface area contributed by atoms with Crippen LogP contribution in [-0.2, 0) is 0 Å². The number of fused-ring (bicyclic) bond motifs is 1. The van der Waals surface area contributed by atoms with Crippen molar-refractivity contribution in [2.45, 2.75) is 19.8 Å². The number of benzene rings is 2. The minimum atomic E-state index is -0.912. The van der Waals surface area contributed by atoms with Crippen LogP contribution in [0.5, 0.6) is 11.5 Å². The van der Waals surface area contributed by atoms with Crippen LogP contribution in [0.2, 0.25) is 0 Å². The molecule has 0 unspecified atom stereocenters. The van der Waals surface area contributed by atoms with Crippen molar-refractivity contribution >= 4 is 22.6 Å². The number of nitro groups is 1. The number of unbranched alkanes of at least 4 members (excludes halogenated alkanes) is 1. The standard InChI is InChI=1S/C11H14O3.C9H6N2O3/c1-2-3-8-14-10-6-4-9(5-7-10)11(12)13;12-9-7(11(13)14)4-3-6-2-1-5-10-8(6)9/h4-7H,2-3,8H2,1H3,(H,12,13);1-5,12H. The third-order valence-corrected chi connectivity index (χ3v) is 3.79. The summed E-state index contributed by atoms with van der Waals surface area (Å²) >= 11 is 0. The molecule has 2 aromatic carbocycles. The van der Waals surface area contributed by atoms with E-state index < -0.39 is 10.9 Å². The van der Waals surface area contributed by atoms with Gasteiger partial charge in [0.25, 0.3) is 0 Å². The van der Waals surface area contributed by atoms with E-state index in [0.717, 1.165) is 18.6 Å². The maximum Gasteiger partial charge on any atom is 0.335 e. The van der Waals surface area contributed by atoms with Crippen LogP contribution in [0.4, 0.5) is 5.69 Å². The van der Waals surface area contributed by atoms with Gasteiger partial charge >= 0.3 is 11.7 Å². The van der Waals surface area contributed by atoms with E-state index in [9.17, 15) is 20.0 Å². The first kappa shape index (κ1) is 20.6. The Labute approximate surface area is 161 Å². The highest BCUT2D eigenvalue weighted by Gasteiger charge is 2.15. The Balaban J connectivity index is 0.000000200. The summed E-state index contributed by atoms with van der Waals surface area (Å²) in [4.78, 5) is 24.2. The molecule has 8 heteroatoms. The molecule has 28 heavy (non-hydrogen) atoms. The third kappa shape index (κ3) is 5.41. The van der Waals surface area contributed by atoms with E-state index in [1.807, 2.05) is 0 Å². The van der Waals surface area contributed by atoms with Gasteiger partial charge in [-0.1, -0.05) is 19.4 Å². The Kier molecular flexibility index (Phi) is 7.27. The summed E-state index contributed by atoms with van der Waals surface area (Å²) in [6.45, 7) is 2.78. The van der Waals surface area contributed by atoms with Gasteiger partial charge in [-0.2, -0.15) is 0 Å². The molecule has 2 N–H and O–H groups in total. The lowest BCUT2D eigenvalue weighted by molar-refractivity contribution is -0.385. The van der Waals surface area contributed by atoms with E-state index in [1.54, 1.807) is 42.5 Å². The maximum atomic E-state index is 10.5. The van der Waals surface area contributed by atoms with Gasteiger partial charge in [0, 0.05) is 17.6 Å². The van der Waals surface area contributed by atoms with Gasteiger partial charge in [0.05, 0.1) is 17.1 Å². The van der Waals surface area contributed by atoms with Crippen molar-refractivity contribution in [1.29, 1.82) is 0 Å². The van der Waals surface area contributed by atoms with Crippen LogP contribution in [0, 0.1) is 10.1 Å². The number of nitrogens with zero attached hydrogens (tertiary/aromatic N) is 2. The number of rotatable bonds is 6. The number of aromatic carboxylic acids is 1. The fourth-order valence-corrected chi connectivity index (χ4v) is 2.29. The summed E-state index contributed by atoms with van der Waals surface area (Å²) in [5.41, 5.74) is 0.214. The average Bonchev–Trinajstić information content (AvgIpc) is 2.69. The summed E-state index contributed by atoms with van der Waals surface area (Å²) in [5.74, 6) is -0.568. The molecule has 0 aliphatic heterocycles. The topological polar surface area (TPSA) is 123 Å². The summed E-state index contributed by atoms with van der Waals surface area (Å²) in [6.07, 6.45) is 3.58. The van der Waals surface area contributed by atoms with Gasteiger partial charge in [-0.05, 0) is 42.8 Å². The van der Waals surface area contributed by atoms with Crippen LogP contribution < -0.4 is 4.74 Å². The molecular formula is C20H20N2O6. The third-order valence-electron chi connectivity index (χ3n) is 3.79. The summed E-state index contributed by atoms with van der Waals surface area (Å²) in [5, 5.41) is 29.3. The van der Waals surface area contributed by atoms with Crippen molar-refractivity contribution in [3.05, 3.63) is 70.4 Å². The first-order valence-electron chi connectivity index (χ1n) is 8.61. The van der Waals surface area contributed by atoms with Gasteiger partial charge in [0.1, 0.15) is 11.3 Å². The molecule has 1 aromatic heterocycles. The molecule has 8 nitrogen and oxygen atoms in total. The number of carbonyl (C=O) groups is 1. The average molecular weight is 384 g/mol. The largest absolute Gasteiger partial charge is 0.501 e. The lowest BCUT2D eigenvalue weighted by Crippen LogP contribution is -1.98. The molecule has 0 radical (unpaired) electrons. The van der Waals surface area contributed by atoms with Crippen molar-refractivity contribution in [3.8, 4) is 11.5 Å². The predicted molar refractivity (Wildman–Crippen MR) is 104 cm³/mol. The molecule has 146 valence electrons. The van der Waals surface area contributed by atoms with Crippen molar-refractivity contribution in [3.63, 3.8) is 0 Å². The number of aromatic hydroxyl groups is 1. The van der Waals surface area contributed by atoms with Crippen LogP contribution in [0.3, 0.4) is 0 Å². The zero-order valence-corrected chi connectivity index (χ0v) is 15.2. The molecule has 0 aliphatic rings. The molecule has 0 aliphatic carbocycles. The molecule has 0 saturated heterocycles. The van der Waals surface area contributed by atoms with Crippen LogP contribution in [-0.4, -0.2) is 32.7 Å². The fourth-order valence-electron chi connectivity index (χ4n) is 2.29.